The van der Waals surface area contributed by atoms with Crippen molar-refractivity contribution in [1.29, 1.82) is 0 Å². The standard InChI is InChI=1S/C14H25N3OS/c1-3-7-16-14(11-18)6-4-5-12(10-14)19-13-15-8-9-17(13)2/h8-9,12,16,18H,3-7,10-11H2,1-2H3. The average molecular weight is 283 g/mol. The van der Waals surface area contributed by atoms with Crippen molar-refractivity contribution in [2.75, 3.05) is 13.2 Å². The van der Waals surface area contributed by atoms with Crippen molar-refractivity contribution in [2.45, 2.75) is 55.0 Å². The minimum atomic E-state index is -0.0723. The molecule has 2 N–H and O–H groups in total. The molecule has 2 atom stereocenters. The van der Waals surface area contributed by atoms with Crippen LogP contribution in [0.15, 0.2) is 17.6 Å². The van der Waals surface area contributed by atoms with Gasteiger partial charge in [0.25, 0.3) is 0 Å². The van der Waals surface area contributed by atoms with Crippen molar-refractivity contribution >= 4 is 11.8 Å². The molecular formula is C14H25N3OS. The number of aryl methyl sites for hydroxylation is 1. The number of imidazole rings is 1. The van der Waals surface area contributed by atoms with E-state index in [1.807, 2.05) is 31.2 Å². The molecule has 19 heavy (non-hydrogen) atoms. The van der Waals surface area contributed by atoms with Crippen molar-refractivity contribution in [3.05, 3.63) is 12.4 Å². The van der Waals surface area contributed by atoms with Gasteiger partial charge in [0.1, 0.15) is 0 Å². The second-order valence-electron chi connectivity index (χ2n) is 5.52. The summed E-state index contributed by atoms with van der Waals surface area (Å²) in [4.78, 5) is 4.39. The van der Waals surface area contributed by atoms with E-state index in [0.717, 1.165) is 31.0 Å². The predicted molar refractivity (Wildman–Crippen MR) is 79.4 cm³/mol. The Morgan fingerprint density at radius 3 is 3.11 bits per heavy atom. The zero-order chi connectivity index (χ0) is 13.7. The Labute approximate surface area is 120 Å². The zero-order valence-corrected chi connectivity index (χ0v) is 12.7. The molecular weight excluding hydrogens is 258 g/mol. The van der Waals surface area contributed by atoms with Crippen LogP contribution < -0.4 is 5.32 Å². The van der Waals surface area contributed by atoms with E-state index in [9.17, 15) is 5.11 Å². The largest absolute Gasteiger partial charge is 0.394 e. The van der Waals surface area contributed by atoms with E-state index in [2.05, 4.69) is 21.8 Å². The number of rotatable bonds is 6. The summed E-state index contributed by atoms with van der Waals surface area (Å²) in [6.45, 7) is 3.39. The second kappa shape index (κ2) is 6.77. The summed E-state index contributed by atoms with van der Waals surface area (Å²) in [7, 11) is 2.03. The maximum atomic E-state index is 9.77. The van der Waals surface area contributed by atoms with Gasteiger partial charge in [-0.1, -0.05) is 25.1 Å². The highest BCUT2D eigenvalue weighted by molar-refractivity contribution is 7.99. The summed E-state index contributed by atoms with van der Waals surface area (Å²) in [5.41, 5.74) is -0.0723. The molecule has 1 aliphatic carbocycles. The summed E-state index contributed by atoms with van der Waals surface area (Å²) in [5.74, 6) is 0. The minimum Gasteiger partial charge on any atom is -0.394 e. The van der Waals surface area contributed by atoms with Crippen LogP contribution >= 0.6 is 11.8 Å². The lowest BCUT2D eigenvalue weighted by atomic mass is 9.82. The van der Waals surface area contributed by atoms with Gasteiger partial charge in [-0.05, 0) is 32.2 Å². The number of nitrogens with zero attached hydrogens (tertiary/aromatic N) is 2. The molecule has 2 rings (SSSR count). The number of thioether (sulfide) groups is 1. The Bertz CT molecular complexity index is 396. The quantitative estimate of drug-likeness (QED) is 0.840. The molecule has 0 aromatic carbocycles. The van der Waals surface area contributed by atoms with Crippen LogP contribution in [-0.2, 0) is 7.05 Å². The number of nitrogens with one attached hydrogen (secondary N) is 1. The summed E-state index contributed by atoms with van der Waals surface area (Å²) in [6.07, 6.45) is 9.45. The van der Waals surface area contributed by atoms with Crippen LogP contribution in [0.4, 0.5) is 0 Å². The lowest BCUT2D eigenvalue weighted by molar-refractivity contribution is 0.124. The Morgan fingerprint density at radius 2 is 2.47 bits per heavy atom. The maximum Gasteiger partial charge on any atom is 0.167 e. The SMILES string of the molecule is CCCNC1(CO)CCCC(Sc2nccn2C)C1. The molecule has 0 aliphatic heterocycles. The molecule has 1 fully saturated rings. The predicted octanol–water partition coefficient (Wildman–Crippen LogP) is 2.19. The Balaban J connectivity index is 1.97. The lowest BCUT2D eigenvalue weighted by Crippen LogP contribution is -2.52. The van der Waals surface area contributed by atoms with Gasteiger partial charge < -0.3 is 15.0 Å². The van der Waals surface area contributed by atoms with Crippen LogP contribution in [0.3, 0.4) is 0 Å². The first kappa shape index (κ1) is 14.9. The van der Waals surface area contributed by atoms with E-state index in [-0.39, 0.29) is 12.1 Å². The van der Waals surface area contributed by atoms with Gasteiger partial charge in [0.15, 0.2) is 5.16 Å². The molecule has 5 heteroatoms. The van der Waals surface area contributed by atoms with Crippen LogP contribution in [0.25, 0.3) is 0 Å². The topological polar surface area (TPSA) is 50.1 Å². The summed E-state index contributed by atoms with van der Waals surface area (Å²) >= 11 is 1.85. The smallest absolute Gasteiger partial charge is 0.167 e. The third-order valence-corrected chi connectivity index (χ3v) is 5.24. The molecule has 0 radical (unpaired) electrons. The number of hydrogen-bond acceptors (Lipinski definition) is 4. The molecule has 1 heterocycles. The summed E-state index contributed by atoms with van der Waals surface area (Å²) in [6, 6.07) is 0. The maximum absolute atomic E-state index is 9.77. The van der Waals surface area contributed by atoms with E-state index in [1.54, 1.807) is 0 Å². The van der Waals surface area contributed by atoms with E-state index < -0.39 is 0 Å². The van der Waals surface area contributed by atoms with Crippen LogP contribution in [0.1, 0.15) is 39.0 Å². The van der Waals surface area contributed by atoms with Gasteiger partial charge in [-0.3, -0.25) is 0 Å². The van der Waals surface area contributed by atoms with Gasteiger partial charge in [-0.25, -0.2) is 4.98 Å². The highest BCUT2D eigenvalue weighted by atomic mass is 32.2. The van der Waals surface area contributed by atoms with E-state index in [4.69, 9.17) is 0 Å². The van der Waals surface area contributed by atoms with E-state index in [1.165, 1.54) is 12.8 Å². The normalized spacial score (nSPS) is 27.6. The zero-order valence-electron chi connectivity index (χ0n) is 11.9. The Hall–Kier alpha value is -0.520. The van der Waals surface area contributed by atoms with Gasteiger partial charge >= 0.3 is 0 Å². The highest BCUT2D eigenvalue weighted by Gasteiger charge is 2.36. The monoisotopic (exact) mass is 283 g/mol. The first-order chi connectivity index (χ1) is 9.19. The van der Waals surface area contributed by atoms with Crippen molar-refractivity contribution < 1.29 is 5.11 Å². The molecule has 0 saturated heterocycles. The van der Waals surface area contributed by atoms with E-state index in [0.29, 0.717) is 5.25 Å². The van der Waals surface area contributed by atoms with Gasteiger partial charge in [0, 0.05) is 30.2 Å². The fraction of sp³-hybridized carbons (Fsp3) is 0.786. The molecule has 1 aromatic heterocycles. The van der Waals surface area contributed by atoms with Crippen LogP contribution in [0.2, 0.25) is 0 Å². The third-order valence-electron chi connectivity index (χ3n) is 3.90. The second-order valence-corrected chi connectivity index (χ2v) is 6.79. The third kappa shape index (κ3) is 3.74. The number of aliphatic hydroxyl groups is 1. The fourth-order valence-corrected chi connectivity index (χ4v) is 4.11. The molecule has 108 valence electrons. The molecule has 1 saturated carbocycles. The minimum absolute atomic E-state index is 0.0723. The van der Waals surface area contributed by atoms with E-state index >= 15 is 0 Å². The van der Waals surface area contributed by atoms with Crippen molar-refractivity contribution in [3.63, 3.8) is 0 Å². The average Bonchev–Trinajstić information content (AvgIpc) is 2.82. The fourth-order valence-electron chi connectivity index (χ4n) is 2.77. The van der Waals surface area contributed by atoms with Crippen molar-refractivity contribution in [3.8, 4) is 0 Å². The molecule has 0 bridgehead atoms. The van der Waals surface area contributed by atoms with Crippen LogP contribution in [0, 0.1) is 0 Å². The van der Waals surface area contributed by atoms with Gasteiger partial charge in [0.2, 0.25) is 0 Å². The van der Waals surface area contributed by atoms with Gasteiger partial charge in [-0.2, -0.15) is 0 Å². The van der Waals surface area contributed by atoms with Crippen molar-refractivity contribution in [1.82, 2.24) is 14.9 Å². The Morgan fingerprint density at radius 1 is 1.63 bits per heavy atom. The van der Waals surface area contributed by atoms with Crippen LogP contribution in [0.5, 0.6) is 0 Å². The van der Waals surface area contributed by atoms with Crippen molar-refractivity contribution in [2.24, 2.45) is 7.05 Å². The number of aromatic nitrogens is 2. The first-order valence-corrected chi connectivity index (χ1v) is 8.07. The molecule has 1 aliphatic rings. The molecule has 2 unspecified atom stereocenters. The highest BCUT2D eigenvalue weighted by Crippen LogP contribution is 2.37. The number of aliphatic hydroxyl groups excluding tert-OH is 1. The molecule has 0 amide bonds. The van der Waals surface area contributed by atoms with Gasteiger partial charge in [0.05, 0.1) is 6.61 Å². The number of hydrogen-bond donors (Lipinski definition) is 2. The molecule has 0 spiro atoms. The summed E-state index contributed by atoms with van der Waals surface area (Å²) in [5, 5.41) is 15.0. The van der Waals surface area contributed by atoms with Gasteiger partial charge in [-0.15, -0.1) is 0 Å². The first-order valence-electron chi connectivity index (χ1n) is 7.19. The summed E-state index contributed by atoms with van der Waals surface area (Å²) < 4.78 is 2.07. The van der Waals surface area contributed by atoms with Crippen LogP contribution in [-0.4, -0.2) is 38.6 Å². The molecule has 4 nitrogen and oxygen atoms in total. The molecule has 1 aromatic rings. The lowest BCUT2D eigenvalue weighted by Gasteiger charge is -2.40. The Kier molecular flexibility index (Phi) is 5.30.